The van der Waals surface area contributed by atoms with E-state index in [-0.39, 0.29) is 30.7 Å². The van der Waals surface area contributed by atoms with E-state index in [2.05, 4.69) is 23.3 Å². The fraction of sp³-hybridized carbons (Fsp3) is 0.588. The lowest BCUT2D eigenvalue weighted by Crippen LogP contribution is -2.36. The second-order valence-corrected chi connectivity index (χ2v) is 5.95. The van der Waals surface area contributed by atoms with Crippen molar-refractivity contribution in [2.24, 2.45) is 5.73 Å². The van der Waals surface area contributed by atoms with E-state index in [1.165, 1.54) is 25.7 Å². The normalized spacial score (nSPS) is 15.3. The third-order valence-electron chi connectivity index (χ3n) is 4.35. The van der Waals surface area contributed by atoms with E-state index >= 15 is 0 Å². The number of carbonyl (C=O) groups is 1. The van der Waals surface area contributed by atoms with E-state index in [4.69, 9.17) is 5.73 Å². The summed E-state index contributed by atoms with van der Waals surface area (Å²) < 4.78 is 0. The number of hydrogen-bond donors (Lipinski definition) is 2. The lowest BCUT2D eigenvalue weighted by molar-refractivity contribution is -0.117. The molecule has 1 amide bonds. The third kappa shape index (κ3) is 5.87. The van der Waals surface area contributed by atoms with Crippen LogP contribution in [0.3, 0.4) is 0 Å². The summed E-state index contributed by atoms with van der Waals surface area (Å²) in [5, 5.41) is 2.99. The molecule has 0 aromatic heterocycles. The van der Waals surface area contributed by atoms with Crippen LogP contribution in [0.5, 0.6) is 0 Å². The molecule has 132 valence electrons. The van der Waals surface area contributed by atoms with Crippen molar-refractivity contribution in [3.8, 4) is 0 Å². The number of hydrogen-bond acceptors (Lipinski definition) is 3. The number of rotatable bonds is 6. The third-order valence-corrected chi connectivity index (χ3v) is 4.35. The average molecular weight is 362 g/mol. The first-order chi connectivity index (χ1) is 10.1. The van der Waals surface area contributed by atoms with E-state index in [9.17, 15) is 4.79 Å². The maximum atomic E-state index is 12.1. The van der Waals surface area contributed by atoms with Crippen molar-refractivity contribution in [1.82, 2.24) is 0 Å². The molecule has 1 saturated carbocycles. The van der Waals surface area contributed by atoms with Gasteiger partial charge in [0, 0.05) is 13.1 Å². The fourth-order valence-electron chi connectivity index (χ4n) is 3.04. The zero-order chi connectivity index (χ0) is 15.2. The predicted molar refractivity (Wildman–Crippen MR) is 103 cm³/mol. The SMILES string of the molecule is CCCC(N)C(=O)Nc1ccccc1N(C)C1CCCC1.Cl.Cl. The largest absolute Gasteiger partial charge is 0.370 e. The Morgan fingerprint density at radius 2 is 1.91 bits per heavy atom. The Kier molecular flexibility index (Phi) is 10.3. The summed E-state index contributed by atoms with van der Waals surface area (Å²) in [6, 6.07) is 8.14. The number of anilines is 2. The summed E-state index contributed by atoms with van der Waals surface area (Å²) in [6.07, 6.45) is 6.68. The quantitative estimate of drug-likeness (QED) is 0.805. The van der Waals surface area contributed by atoms with Crippen LogP contribution >= 0.6 is 24.8 Å². The minimum atomic E-state index is -0.431. The molecule has 1 fully saturated rings. The van der Waals surface area contributed by atoms with Crippen molar-refractivity contribution >= 4 is 42.1 Å². The molecule has 6 heteroatoms. The van der Waals surface area contributed by atoms with Crippen molar-refractivity contribution in [3.63, 3.8) is 0 Å². The van der Waals surface area contributed by atoms with Gasteiger partial charge in [0.25, 0.3) is 0 Å². The maximum Gasteiger partial charge on any atom is 0.241 e. The zero-order valence-corrected chi connectivity index (χ0v) is 15.6. The van der Waals surface area contributed by atoms with Crippen LogP contribution in [0.15, 0.2) is 24.3 Å². The van der Waals surface area contributed by atoms with Gasteiger partial charge in [-0.15, -0.1) is 24.8 Å². The lowest BCUT2D eigenvalue weighted by Gasteiger charge is -2.29. The molecule has 23 heavy (non-hydrogen) atoms. The second-order valence-electron chi connectivity index (χ2n) is 5.95. The number of benzene rings is 1. The van der Waals surface area contributed by atoms with E-state index in [0.717, 1.165) is 17.8 Å². The van der Waals surface area contributed by atoms with Crippen LogP contribution in [0.2, 0.25) is 0 Å². The summed E-state index contributed by atoms with van der Waals surface area (Å²) in [5.41, 5.74) is 7.85. The summed E-state index contributed by atoms with van der Waals surface area (Å²) in [7, 11) is 2.12. The van der Waals surface area contributed by atoms with Gasteiger partial charge in [0.15, 0.2) is 0 Å². The van der Waals surface area contributed by atoms with E-state index in [1.807, 2.05) is 25.1 Å². The van der Waals surface area contributed by atoms with Gasteiger partial charge in [0.05, 0.1) is 17.4 Å². The molecule has 0 saturated heterocycles. The highest BCUT2D eigenvalue weighted by Crippen LogP contribution is 2.31. The first-order valence-corrected chi connectivity index (χ1v) is 8.01. The highest BCUT2D eigenvalue weighted by Gasteiger charge is 2.22. The van der Waals surface area contributed by atoms with Crippen LogP contribution in [0.4, 0.5) is 11.4 Å². The summed E-state index contributed by atoms with van der Waals surface area (Å²) in [6.45, 7) is 2.04. The Hall–Kier alpha value is -0.970. The van der Waals surface area contributed by atoms with Crippen molar-refractivity contribution in [1.29, 1.82) is 0 Å². The molecular weight excluding hydrogens is 333 g/mol. The lowest BCUT2D eigenvalue weighted by atomic mass is 10.1. The fourth-order valence-corrected chi connectivity index (χ4v) is 3.04. The van der Waals surface area contributed by atoms with Crippen molar-refractivity contribution < 1.29 is 4.79 Å². The van der Waals surface area contributed by atoms with Gasteiger partial charge in [0.2, 0.25) is 5.91 Å². The van der Waals surface area contributed by atoms with E-state index in [0.29, 0.717) is 12.5 Å². The number of amides is 1. The van der Waals surface area contributed by atoms with Crippen LogP contribution in [-0.4, -0.2) is 25.0 Å². The highest BCUT2D eigenvalue weighted by molar-refractivity contribution is 5.97. The van der Waals surface area contributed by atoms with Gasteiger partial charge < -0.3 is 16.0 Å². The molecule has 0 spiro atoms. The topological polar surface area (TPSA) is 58.4 Å². The van der Waals surface area contributed by atoms with E-state index in [1.54, 1.807) is 0 Å². The van der Waals surface area contributed by atoms with Gasteiger partial charge in [-0.05, 0) is 31.4 Å². The molecule has 1 aromatic rings. The first-order valence-electron chi connectivity index (χ1n) is 8.01. The molecule has 1 aliphatic rings. The molecule has 1 aliphatic carbocycles. The summed E-state index contributed by atoms with van der Waals surface area (Å²) in [5.74, 6) is -0.0934. The number of nitrogens with one attached hydrogen (secondary N) is 1. The molecule has 1 aromatic carbocycles. The van der Waals surface area contributed by atoms with Crippen molar-refractivity contribution in [2.45, 2.75) is 57.5 Å². The van der Waals surface area contributed by atoms with Crippen LogP contribution in [0.25, 0.3) is 0 Å². The predicted octanol–water partition coefficient (Wildman–Crippen LogP) is 3.97. The Morgan fingerprint density at radius 3 is 2.52 bits per heavy atom. The number of nitrogens with zero attached hydrogens (tertiary/aromatic N) is 1. The van der Waals surface area contributed by atoms with Gasteiger partial charge in [-0.1, -0.05) is 38.3 Å². The second kappa shape index (κ2) is 10.7. The Balaban J connectivity index is 0.00000242. The maximum absolute atomic E-state index is 12.1. The van der Waals surface area contributed by atoms with Crippen LogP contribution < -0.4 is 16.0 Å². The number of para-hydroxylation sites is 2. The molecule has 1 unspecified atom stereocenters. The summed E-state index contributed by atoms with van der Waals surface area (Å²) >= 11 is 0. The molecule has 2 rings (SSSR count). The Morgan fingerprint density at radius 1 is 1.30 bits per heavy atom. The zero-order valence-electron chi connectivity index (χ0n) is 14.0. The van der Waals surface area contributed by atoms with Crippen LogP contribution in [0, 0.1) is 0 Å². The standard InChI is InChI=1S/C17H27N3O.2ClH/c1-3-8-14(18)17(21)19-15-11-6-7-12-16(15)20(2)13-9-4-5-10-13;;/h6-7,11-14H,3-5,8-10,18H2,1-2H3,(H,19,21);2*1H. The van der Waals surface area contributed by atoms with Gasteiger partial charge in [0.1, 0.15) is 0 Å². The molecule has 0 aliphatic heterocycles. The molecule has 0 radical (unpaired) electrons. The van der Waals surface area contributed by atoms with E-state index < -0.39 is 6.04 Å². The molecule has 0 heterocycles. The average Bonchev–Trinajstić information content (AvgIpc) is 3.01. The van der Waals surface area contributed by atoms with Gasteiger partial charge in [-0.2, -0.15) is 0 Å². The van der Waals surface area contributed by atoms with Crippen molar-refractivity contribution in [2.75, 3.05) is 17.3 Å². The van der Waals surface area contributed by atoms with Gasteiger partial charge >= 0.3 is 0 Å². The number of halogens is 2. The Labute approximate surface area is 152 Å². The smallest absolute Gasteiger partial charge is 0.241 e. The van der Waals surface area contributed by atoms with Gasteiger partial charge in [-0.3, -0.25) is 4.79 Å². The minimum absolute atomic E-state index is 0. The molecule has 4 nitrogen and oxygen atoms in total. The minimum Gasteiger partial charge on any atom is -0.370 e. The van der Waals surface area contributed by atoms with Gasteiger partial charge in [-0.25, -0.2) is 0 Å². The number of nitrogens with two attached hydrogens (primary N) is 1. The first kappa shape index (κ1) is 22.0. The Bertz CT molecular complexity index is 479. The molecular formula is C17H29Cl2N3O. The van der Waals surface area contributed by atoms with Crippen LogP contribution in [0.1, 0.15) is 45.4 Å². The van der Waals surface area contributed by atoms with Crippen molar-refractivity contribution in [3.05, 3.63) is 24.3 Å². The monoisotopic (exact) mass is 361 g/mol. The highest BCUT2D eigenvalue weighted by atomic mass is 35.5. The summed E-state index contributed by atoms with van der Waals surface area (Å²) in [4.78, 5) is 14.4. The van der Waals surface area contributed by atoms with Crippen LogP contribution in [-0.2, 0) is 4.79 Å². The number of carbonyl (C=O) groups excluding carboxylic acids is 1. The molecule has 0 bridgehead atoms. The molecule has 1 atom stereocenters. The molecule has 3 N–H and O–H groups in total.